The minimum absolute atomic E-state index is 0.0156. The van der Waals surface area contributed by atoms with Gasteiger partial charge in [-0.15, -0.1) is 0 Å². The van der Waals surface area contributed by atoms with Gasteiger partial charge in [0.05, 0.1) is 10.6 Å². The summed E-state index contributed by atoms with van der Waals surface area (Å²) in [5, 5.41) is 26.0. The molecular formula is C7H6BClO4. The predicted octanol–water partition coefficient (Wildman–Crippen LogP) is -0.282. The molecule has 0 saturated carbocycles. The van der Waals surface area contributed by atoms with Gasteiger partial charge in [-0.2, -0.15) is 0 Å². The molecule has 0 aliphatic rings. The van der Waals surface area contributed by atoms with Crippen molar-refractivity contribution >= 4 is 30.2 Å². The van der Waals surface area contributed by atoms with Crippen LogP contribution in [-0.2, 0) is 0 Å². The summed E-state index contributed by atoms with van der Waals surface area (Å²) in [5.41, 5.74) is 0.0982. The molecule has 0 fully saturated rings. The number of halogens is 1. The van der Waals surface area contributed by atoms with Gasteiger partial charge in [-0.3, -0.25) is 0 Å². The minimum Gasteiger partial charge on any atom is -0.478 e. The van der Waals surface area contributed by atoms with E-state index in [0.29, 0.717) is 0 Å². The number of carboxylic acids is 1. The third-order valence-electron chi connectivity index (χ3n) is 1.52. The normalized spacial score (nSPS) is 9.77. The molecule has 68 valence electrons. The molecule has 1 rings (SSSR count). The van der Waals surface area contributed by atoms with Crippen LogP contribution in [0.3, 0.4) is 0 Å². The topological polar surface area (TPSA) is 77.8 Å². The summed E-state index contributed by atoms with van der Waals surface area (Å²) < 4.78 is 0. The van der Waals surface area contributed by atoms with Gasteiger partial charge in [0.1, 0.15) is 0 Å². The highest BCUT2D eigenvalue weighted by atomic mass is 35.5. The van der Waals surface area contributed by atoms with Gasteiger partial charge >= 0.3 is 13.1 Å². The third-order valence-corrected chi connectivity index (χ3v) is 1.83. The van der Waals surface area contributed by atoms with E-state index in [1.54, 1.807) is 0 Å². The highest BCUT2D eigenvalue weighted by Crippen LogP contribution is 2.13. The summed E-state index contributed by atoms with van der Waals surface area (Å²) in [7, 11) is -1.64. The molecule has 0 heterocycles. The summed E-state index contributed by atoms with van der Waals surface area (Å²) in [4.78, 5) is 10.5. The van der Waals surface area contributed by atoms with Crippen LogP contribution < -0.4 is 5.46 Å². The lowest BCUT2D eigenvalue weighted by molar-refractivity contribution is 0.0697. The number of benzene rings is 1. The van der Waals surface area contributed by atoms with Crippen LogP contribution in [0.2, 0.25) is 5.02 Å². The fraction of sp³-hybridized carbons (Fsp3) is 0. The Hall–Kier alpha value is -1.04. The minimum atomic E-state index is -1.64. The quantitative estimate of drug-likeness (QED) is 0.574. The summed E-state index contributed by atoms with van der Waals surface area (Å²) in [5.74, 6) is -1.15. The Bertz CT molecular complexity index is 339. The van der Waals surface area contributed by atoms with Gasteiger partial charge in [-0.1, -0.05) is 17.7 Å². The van der Waals surface area contributed by atoms with Crippen LogP contribution in [0.1, 0.15) is 10.4 Å². The SMILES string of the molecule is O=C(O)c1ccc(B(O)O)cc1Cl. The van der Waals surface area contributed by atoms with E-state index in [9.17, 15) is 4.79 Å². The number of rotatable bonds is 2. The van der Waals surface area contributed by atoms with Gasteiger partial charge < -0.3 is 15.2 Å². The zero-order valence-electron chi connectivity index (χ0n) is 6.44. The van der Waals surface area contributed by atoms with E-state index in [4.69, 9.17) is 26.8 Å². The van der Waals surface area contributed by atoms with E-state index in [2.05, 4.69) is 0 Å². The number of hydrogen-bond donors (Lipinski definition) is 3. The third kappa shape index (κ3) is 2.21. The van der Waals surface area contributed by atoms with E-state index in [-0.39, 0.29) is 16.0 Å². The molecule has 0 saturated heterocycles. The van der Waals surface area contributed by atoms with E-state index in [1.165, 1.54) is 18.2 Å². The molecule has 0 radical (unpaired) electrons. The molecular weight excluding hydrogens is 194 g/mol. The number of carboxylic acid groups (broad SMARTS) is 1. The van der Waals surface area contributed by atoms with E-state index >= 15 is 0 Å². The summed E-state index contributed by atoms with van der Waals surface area (Å²) in [6.45, 7) is 0. The molecule has 0 atom stereocenters. The van der Waals surface area contributed by atoms with Crippen molar-refractivity contribution < 1.29 is 19.9 Å². The highest BCUT2D eigenvalue weighted by molar-refractivity contribution is 6.59. The number of hydrogen-bond acceptors (Lipinski definition) is 3. The second kappa shape index (κ2) is 3.78. The zero-order chi connectivity index (χ0) is 10.0. The first-order valence-corrected chi connectivity index (χ1v) is 3.79. The monoisotopic (exact) mass is 200 g/mol. The van der Waals surface area contributed by atoms with Gasteiger partial charge in [-0.05, 0) is 17.6 Å². The van der Waals surface area contributed by atoms with Crippen LogP contribution in [-0.4, -0.2) is 28.2 Å². The average Bonchev–Trinajstić information content (AvgIpc) is 2.03. The fourth-order valence-corrected chi connectivity index (χ4v) is 1.14. The summed E-state index contributed by atoms with van der Waals surface area (Å²) in [6.07, 6.45) is 0. The fourth-order valence-electron chi connectivity index (χ4n) is 0.865. The smallest absolute Gasteiger partial charge is 0.478 e. The Labute approximate surface area is 79.5 Å². The van der Waals surface area contributed by atoms with Crippen LogP contribution in [0.5, 0.6) is 0 Å². The Kier molecular flexibility index (Phi) is 2.92. The predicted molar refractivity (Wildman–Crippen MR) is 48.2 cm³/mol. The lowest BCUT2D eigenvalue weighted by atomic mass is 9.80. The second-order valence-electron chi connectivity index (χ2n) is 2.42. The van der Waals surface area contributed by atoms with E-state index in [0.717, 1.165) is 0 Å². The van der Waals surface area contributed by atoms with Gasteiger partial charge in [0.2, 0.25) is 0 Å². The van der Waals surface area contributed by atoms with Crippen LogP contribution >= 0.6 is 11.6 Å². The lowest BCUT2D eigenvalue weighted by Gasteiger charge is -2.02. The lowest BCUT2D eigenvalue weighted by Crippen LogP contribution is -2.29. The van der Waals surface area contributed by atoms with Crippen LogP contribution in [0, 0.1) is 0 Å². The van der Waals surface area contributed by atoms with Crippen molar-refractivity contribution in [3.8, 4) is 0 Å². The van der Waals surface area contributed by atoms with Crippen molar-refractivity contribution in [2.24, 2.45) is 0 Å². The number of carbonyl (C=O) groups is 1. The zero-order valence-corrected chi connectivity index (χ0v) is 7.19. The standard InChI is InChI=1S/C7H6BClO4/c9-6-3-4(8(12)13)1-2-5(6)7(10)11/h1-3,12-13H,(H,10,11). The number of aromatic carboxylic acids is 1. The van der Waals surface area contributed by atoms with Gasteiger partial charge in [0.15, 0.2) is 0 Å². The molecule has 0 spiro atoms. The maximum absolute atomic E-state index is 10.5. The first-order chi connectivity index (χ1) is 6.02. The van der Waals surface area contributed by atoms with Crippen molar-refractivity contribution in [2.45, 2.75) is 0 Å². The van der Waals surface area contributed by atoms with Crippen molar-refractivity contribution in [1.82, 2.24) is 0 Å². The van der Waals surface area contributed by atoms with Crippen LogP contribution in [0.4, 0.5) is 0 Å². The molecule has 0 unspecified atom stereocenters. The van der Waals surface area contributed by atoms with Crippen molar-refractivity contribution in [3.63, 3.8) is 0 Å². The second-order valence-corrected chi connectivity index (χ2v) is 2.83. The average molecular weight is 200 g/mol. The largest absolute Gasteiger partial charge is 0.488 e. The maximum atomic E-state index is 10.5. The summed E-state index contributed by atoms with van der Waals surface area (Å²) >= 11 is 5.57. The summed E-state index contributed by atoms with van der Waals surface area (Å²) in [6, 6.07) is 3.72. The van der Waals surface area contributed by atoms with Crippen LogP contribution in [0.15, 0.2) is 18.2 Å². The Morgan fingerprint density at radius 1 is 1.38 bits per heavy atom. The van der Waals surface area contributed by atoms with Crippen LogP contribution in [0.25, 0.3) is 0 Å². The molecule has 0 bridgehead atoms. The highest BCUT2D eigenvalue weighted by Gasteiger charge is 2.14. The first kappa shape index (κ1) is 10.0. The van der Waals surface area contributed by atoms with E-state index in [1.807, 2.05) is 0 Å². The molecule has 4 nitrogen and oxygen atoms in total. The molecule has 3 N–H and O–H groups in total. The van der Waals surface area contributed by atoms with Gasteiger partial charge in [0, 0.05) is 0 Å². The molecule has 1 aromatic carbocycles. The van der Waals surface area contributed by atoms with Gasteiger partial charge in [0.25, 0.3) is 0 Å². The molecule has 13 heavy (non-hydrogen) atoms. The maximum Gasteiger partial charge on any atom is 0.488 e. The molecule has 0 aromatic heterocycles. The van der Waals surface area contributed by atoms with Crippen molar-refractivity contribution in [1.29, 1.82) is 0 Å². The van der Waals surface area contributed by atoms with E-state index < -0.39 is 13.1 Å². The Morgan fingerprint density at radius 3 is 2.38 bits per heavy atom. The van der Waals surface area contributed by atoms with Crippen molar-refractivity contribution in [2.75, 3.05) is 0 Å². The molecule has 0 amide bonds. The molecule has 1 aromatic rings. The van der Waals surface area contributed by atoms with Crippen molar-refractivity contribution in [3.05, 3.63) is 28.8 Å². The first-order valence-electron chi connectivity index (χ1n) is 3.41. The van der Waals surface area contributed by atoms with Gasteiger partial charge in [-0.25, -0.2) is 4.79 Å². The Balaban J connectivity index is 3.13. The molecule has 0 aliphatic carbocycles. The molecule has 6 heteroatoms. The Morgan fingerprint density at radius 2 is 2.00 bits per heavy atom. The molecule has 0 aliphatic heterocycles.